The van der Waals surface area contributed by atoms with E-state index in [9.17, 15) is 14.7 Å². The molecule has 0 radical (unpaired) electrons. The van der Waals surface area contributed by atoms with Crippen molar-refractivity contribution >= 4 is 11.8 Å². The van der Waals surface area contributed by atoms with E-state index in [1.165, 1.54) is 6.92 Å². The molecule has 1 N–H and O–H groups in total. The van der Waals surface area contributed by atoms with Gasteiger partial charge in [0.1, 0.15) is 5.78 Å². The Morgan fingerprint density at radius 2 is 1.82 bits per heavy atom. The summed E-state index contributed by atoms with van der Waals surface area (Å²) in [6.45, 7) is 9.36. The van der Waals surface area contributed by atoms with Crippen molar-refractivity contribution in [2.24, 2.45) is 11.3 Å². The molecule has 17 heavy (non-hydrogen) atoms. The zero-order valence-corrected chi connectivity index (χ0v) is 11.4. The van der Waals surface area contributed by atoms with Gasteiger partial charge in [-0.15, -0.1) is 0 Å². The van der Waals surface area contributed by atoms with Gasteiger partial charge in [0.2, 0.25) is 0 Å². The Labute approximate surface area is 103 Å². The summed E-state index contributed by atoms with van der Waals surface area (Å²) in [4.78, 5) is 23.3. The standard InChI is InChI=1S/C13H24O4/c1-6-17-12(16)11(9(2)14)7-10(15)8-13(3,4)5/h9,11,14H,6-8H2,1-5H3. The first-order chi connectivity index (χ1) is 7.67. The third kappa shape index (κ3) is 7.10. The largest absolute Gasteiger partial charge is 0.466 e. The average Bonchev–Trinajstić information content (AvgIpc) is 2.11. The van der Waals surface area contributed by atoms with Crippen LogP contribution in [0.2, 0.25) is 0 Å². The number of aliphatic hydroxyl groups is 1. The van der Waals surface area contributed by atoms with Crippen LogP contribution in [0.3, 0.4) is 0 Å². The van der Waals surface area contributed by atoms with Gasteiger partial charge in [-0.05, 0) is 19.3 Å². The van der Waals surface area contributed by atoms with E-state index in [4.69, 9.17) is 4.74 Å². The molecule has 100 valence electrons. The molecule has 2 atom stereocenters. The van der Waals surface area contributed by atoms with Crippen LogP contribution in [-0.2, 0) is 14.3 Å². The zero-order valence-electron chi connectivity index (χ0n) is 11.4. The highest BCUT2D eigenvalue weighted by Gasteiger charge is 2.29. The van der Waals surface area contributed by atoms with E-state index >= 15 is 0 Å². The number of ether oxygens (including phenoxy) is 1. The molecule has 0 heterocycles. The molecule has 2 unspecified atom stereocenters. The van der Waals surface area contributed by atoms with E-state index in [2.05, 4.69) is 0 Å². The molecule has 0 amide bonds. The Hall–Kier alpha value is -0.900. The molecule has 0 rings (SSSR count). The van der Waals surface area contributed by atoms with Gasteiger partial charge in [-0.1, -0.05) is 20.8 Å². The molecule has 4 heteroatoms. The molecule has 0 aliphatic carbocycles. The Morgan fingerprint density at radius 3 is 2.18 bits per heavy atom. The number of rotatable bonds is 6. The predicted molar refractivity (Wildman–Crippen MR) is 65.5 cm³/mol. The monoisotopic (exact) mass is 244 g/mol. The van der Waals surface area contributed by atoms with E-state index in [0.717, 1.165) is 0 Å². The Morgan fingerprint density at radius 1 is 1.29 bits per heavy atom. The summed E-state index contributed by atoms with van der Waals surface area (Å²) in [5.41, 5.74) is -0.102. The highest BCUT2D eigenvalue weighted by molar-refractivity contribution is 5.85. The zero-order chi connectivity index (χ0) is 13.6. The molecule has 0 fully saturated rings. The smallest absolute Gasteiger partial charge is 0.311 e. The number of aliphatic hydroxyl groups excluding tert-OH is 1. The van der Waals surface area contributed by atoms with E-state index in [1.54, 1.807) is 6.92 Å². The van der Waals surface area contributed by atoms with Crippen LogP contribution in [-0.4, -0.2) is 29.6 Å². The maximum atomic E-state index is 11.8. The van der Waals surface area contributed by atoms with E-state index in [0.29, 0.717) is 6.42 Å². The van der Waals surface area contributed by atoms with E-state index in [-0.39, 0.29) is 24.2 Å². The van der Waals surface area contributed by atoms with Crippen LogP contribution < -0.4 is 0 Å². The van der Waals surface area contributed by atoms with Crippen LogP contribution in [0.25, 0.3) is 0 Å². The average molecular weight is 244 g/mol. The van der Waals surface area contributed by atoms with Crippen LogP contribution >= 0.6 is 0 Å². The highest BCUT2D eigenvalue weighted by Crippen LogP contribution is 2.22. The van der Waals surface area contributed by atoms with Crippen molar-refractivity contribution in [3.8, 4) is 0 Å². The van der Waals surface area contributed by atoms with Crippen LogP contribution in [0.5, 0.6) is 0 Å². The summed E-state index contributed by atoms with van der Waals surface area (Å²) in [6.07, 6.45) is -0.415. The van der Waals surface area contributed by atoms with Gasteiger partial charge in [-0.3, -0.25) is 9.59 Å². The summed E-state index contributed by atoms with van der Waals surface area (Å²) in [5, 5.41) is 9.50. The quantitative estimate of drug-likeness (QED) is 0.725. The van der Waals surface area contributed by atoms with E-state index < -0.39 is 18.0 Å². The summed E-state index contributed by atoms with van der Waals surface area (Å²) in [7, 11) is 0. The number of carbonyl (C=O) groups is 2. The molecule has 0 aromatic heterocycles. The van der Waals surface area contributed by atoms with Crippen molar-refractivity contribution in [2.75, 3.05) is 6.61 Å². The lowest BCUT2D eigenvalue weighted by molar-refractivity contribution is -0.153. The van der Waals surface area contributed by atoms with Gasteiger partial charge in [0.05, 0.1) is 18.6 Å². The van der Waals surface area contributed by atoms with Crippen molar-refractivity contribution in [2.45, 2.75) is 53.6 Å². The summed E-state index contributed by atoms with van der Waals surface area (Å²) >= 11 is 0. The van der Waals surface area contributed by atoms with Gasteiger partial charge in [-0.2, -0.15) is 0 Å². The van der Waals surface area contributed by atoms with Crippen molar-refractivity contribution in [1.29, 1.82) is 0 Å². The fraction of sp³-hybridized carbons (Fsp3) is 0.846. The van der Waals surface area contributed by atoms with Crippen LogP contribution in [0.15, 0.2) is 0 Å². The molecule has 0 saturated heterocycles. The molecule has 0 spiro atoms. The van der Waals surface area contributed by atoms with Crippen molar-refractivity contribution < 1.29 is 19.4 Å². The fourth-order valence-electron chi connectivity index (χ4n) is 1.61. The molecular weight excluding hydrogens is 220 g/mol. The normalized spacial score (nSPS) is 15.2. The van der Waals surface area contributed by atoms with Crippen molar-refractivity contribution in [3.63, 3.8) is 0 Å². The molecular formula is C13H24O4. The fourth-order valence-corrected chi connectivity index (χ4v) is 1.61. The van der Waals surface area contributed by atoms with Gasteiger partial charge in [0.15, 0.2) is 0 Å². The topological polar surface area (TPSA) is 63.6 Å². The number of hydrogen-bond acceptors (Lipinski definition) is 4. The predicted octanol–water partition coefficient (Wildman–Crippen LogP) is 1.94. The lowest BCUT2D eigenvalue weighted by atomic mass is 9.86. The van der Waals surface area contributed by atoms with Crippen LogP contribution in [0.1, 0.15) is 47.5 Å². The Kier molecular flexibility index (Phi) is 6.39. The molecule has 0 aliphatic rings. The third-order valence-electron chi connectivity index (χ3n) is 2.35. The minimum Gasteiger partial charge on any atom is -0.466 e. The number of ketones is 1. The molecule has 4 nitrogen and oxygen atoms in total. The van der Waals surface area contributed by atoms with E-state index in [1.807, 2.05) is 20.8 Å². The molecule has 0 aliphatic heterocycles. The van der Waals surface area contributed by atoms with Crippen LogP contribution in [0.4, 0.5) is 0 Å². The third-order valence-corrected chi connectivity index (χ3v) is 2.35. The summed E-state index contributed by atoms with van der Waals surface area (Å²) in [5.74, 6) is -1.26. The molecule has 0 aromatic rings. The summed E-state index contributed by atoms with van der Waals surface area (Å²) in [6, 6.07) is 0. The Bertz CT molecular complexity index is 263. The maximum absolute atomic E-state index is 11.8. The van der Waals surface area contributed by atoms with Gasteiger partial charge >= 0.3 is 5.97 Å². The first-order valence-electron chi connectivity index (χ1n) is 6.03. The first-order valence-corrected chi connectivity index (χ1v) is 6.03. The second-order valence-electron chi connectivity index (χ2n) is 5.58. The van der Waals surface area contributed by atoms with Gasteiger partial charge < -0.3 is 9.84 Å². The van der Waals surface area contributed by atoms with Gasteiger partial charge in [0.25, 0.3) is 0 Å². The summed E-state index contributed by atoms with van der Waals surface area (Å²) < 4.78 is 4.85. The molecule has 0 bridgehead atoms. The molecule has 0 aromatic carbocycles. The minimum absolute atomic E-state index is 0.0172. The number of Topliss-reactive ketones (excluding diaryl/α,β-unsaturated/α-hetero) is 1. The lowest BCUT2D eigenvalue weighted by Gasteiger charge is -2.21. The number of esters is 1. The first kappa shape index (κ1) is 16.1. The SMILES string of the molecule is CCOC(=O)C(CC(=O)CC(C)(C)C)C(C)O. The maximum Gasteiger partial charge on any atom is 0.311 e. The van der Waals surface area contributed by atoms with Gasteiger partial charge in [-0.25, -0.2) is 0 Å². The van der Waals surface area contributed by atoms with Crippen molar-refractivity contribution in [3.05, 3.63) is 0 Å². The second kappa shape index (κ2) is 6.74. The lowest BCUT2D eigenvalue weighted by Crippen LogP contribution is -2.31. The minimum atomic E-state index is -0.863. The molecule has 0 saturated carbocycles. The van der Waals surface area contributed by atoms with Gasteiger partial charge in [0, 0.05) is 12.8 Å². The van der Waals surface area contributed by atoms with Crippen LogP contribution in [0, 0.1) is 11.3 Å². The Balaban J connectivity index is 4.46. The number of carbonyl (C=O) groups excluding carboxylic acids is 2. The number of hydrogen-bond donors (Lipinski definition) is 1. The van der Waals surface area contributed by atoms with Crippen molar-refractivity contribution in [1.82, 2.24) is 0 Å². The second-order valence-corrected chi connectivity index (χ2v) is 5.58. The highest BCUT2D eigenvalue weighted by atomic mass is 16.5.